The first-order chi connectivity index (χ1) is 10.7. The van der Waals surface area contributed by atoms with Crippen molar-refractivity contribution in [2.45, 2.75) is 38.5 Å². The Morgan fingerprint density at radius 1 is 1.14 bits per heavy atom. The largest absolute Gasteiger partial charge is 0.330 e. The number of hydrogen-bond donors (Lipinski definition) is 2. The van der Waals surface area contributed by atoms with Crippen molar-refractivity contribution in [2.24, 2.45) is 11.1 Å². The zero-order chi connectivity index (χ0) is 15.4. The van der Waals surface area contributed by atoms with Gasteiger partial charge < -0.3 is 11.1 Å². The molecule has 0 unspecified atom stereocenters. The van der Waals surface area contributed by atoms with Gasteiger partial charge in [0.05, 0.1) is 11.0 Å². The molecule has 0 saturated heterocycles. The first-order valence-corrected chi connectivity index (χ1v) is 7.92. The van der Waals surface area contributed by atoms with Crippen LogP contribution in [0.1, 0.15) is 38.5 Å². The lowest BCUT2D eigenvalue weighted by Crippen LogP contribution is -2.36. The molecule has 1 aliphatic rings. The molecule has 0 bridgehead atoms. The number of carbonyl (C=O) groups excluding carboxylic acids is 1. The van der Waals surface area contributed by atoms with Gasteiger partial charge in [-0.2, -0.15) is 0 Å². The van der Waals surface area contributed by atoms with Gasteiger partial charge >= 0.3 is 0 Å². The van der Waals surface area contributed by atoms with Crippen LogP contribution in [0.3, 0.4) is 0 Å². The number of nitrogens with two attached hydrogens (primary N) is 1. The minimum absolute atomic E-state index is 0.0149. The third-order valence-electron chi connectivity index (χ3n) is 4.64. The van der Waals surface area contributed by atoms with Crippen LogP contribution < -0.4 is 11.1 Å². The lowest BCUT2D eigenvalue weighted by Gasteiger charge is -2.35. The fourth-order valence-electron chi connectivity index (χ4n) is 3.34. The Morgan fingerprint density at radius 2 is 1.86 bits per heavy atom. The van der Waals surface area contributed by atoms with E-state index in [0.717, 1.165) is 29.6 Å². The molecule has 0 spiro atoms. The second-order valence-electron chi connectivity index (χ2n) is 6.25. The van der Waals surface area contributed by atoms with Crippen molar-refractivity contribution in [3.05, 3.63) is 30.6 Å². The molecule has 1 saturated carbocycles. The lowest BCUT2D eigenvalue weighted by atomic mass is 9.71. The van der Waals surface area contributed by atoms with Gasteiger partial charge in [0, 0.05) is 24.5 Å². The third-order valence-corrected chi connectivity index (χ3v) is 4.64. The maximum Gasteiger partial charge on any atom is 0.224 e. The van der Waals surface area contributed by atoms with Gasteiger partial charge in [-0.3, -0.25) is 14.8 Å². The van der Waals surface area contributed by atoms with Gasteiger partial charge in [0.15, 0.2) is 0 Å². The standard InChI is InChI=1S/C17H22N4O/c18-12-17(6-2-1-3-7-17)11-16(22)21-13-4-5-14-15(10-13)20-9-8-19-14/h4-5,8-10H,1-3,6-7,11-12,18H2,(H,21,22). The van der Waals surface area contributed by atoms with Crippen molar-refractivity contribution in [1.82, 2.24) is 9.97 Å². The molecule has 0 radical (unpaired) electrons. The summed E-state index contributed by atoms with van der Waals surface area (Å²) in [6.07, 6.45) is 9.54. The average Bonchev–Trinajstić information content (AvgIpc) is 2.55. The van der Waals surface area contributed by atoms with Crippen LogP contribution in [-0.2, 0) is 4.79 Å². The number of anilines is 1. The topological polar surface area (TPSA) is 80.9 Å². The second kappa shape index (κ2) is 6.40. The zero-order valence-corrected chi connectivity index (χ0v) is 12.7. The molecule has 1 aromatic carbocycles. The van der Waals surface area contributed by atoms with Crippen LogP contribution in [0.4, 0.5) is 5.69 Å². The fraction of sp³-hybridized carbons (Fsp3) is 0.471. The van der Waals surface area contributed by atoms with E-state index in [1.807, 2.05) is 18.2 Å². The predicted octanol–water partition coefficient (Wildman–Crippen LogP) is 2.87. The van der Waals surface area contributed by atoms with E-state index < -0.39 is 0 Å². The number of rotatable bonds is 4. The molecule has 3 N–H and O–H groups in total. The Hall–Kier alpha value is -2.01. The van der Waals surface area contributed by atoms with Gasteiger partial charge in [-0.25, -0.2) is 0 Å². The van der Waals surface area contributed by atoms with Crippen molar-refractivity contribution < 1.29 is 4.79 Å². The van der Waals surface area contributed by atoms with Crippen molar-refractivity contribution >= 4 is 22.6 Å². The molecule has 0 atom stereocenters. The molecule has 22 heavy (non-hydrogen) atoms. The number of aromatic nitrogens is 2. The van der Waals surface area contributed by atoms with Gasteiger partial charge in [0.25, 0.3) is 0 Å². The molecular formula is C17H22N4O. The number of benzene rings is 1. The maximum absolute atomic E-state index is 12.4. The van der Waals surface area contributed by atoms with Crippen LogP contribution in [0.15, 0.2) is 30.6 Å². The summed E-state index contributed by atoms with van der Waals surface area (Å²) in [4.78, 5) is 20.9. The van der Waals surface area contributed by atoms with E-state index in [0.29, 0.717) is 13.0 Å². The van der Waals surface area contributed by atoms with Gasteiger partial charge in [-0.1, -0.05) is 19.3 Å². The summed E-state index contributed by atoms with van der Waals surface area (Å²) in [6, 6.07) is 5.60. The molecule has 1 heterocycles. The van der Waals surface area contributed by atoms with E-state index in [1.54, 1.807) is 12.4 Å². The Kier molecular flexibility index (Phi) is 4.34. The van der Waals surface area contributed by atoms with E-state index in [9.17, 15) is 4.79 Å². The van der Waals surface area contributed by atoms with E-state index in [1.165, 1.54) is 19.3 Å². The Morgan fingerprint density at radius 3 is 2.59 bits per heavy atom. The highest BCUT2D eigenvalue weighted by Crippen LogP contribution is 2.38. The molecule has 1 fully saturated rings. The van der Waals surface area contributed by atoms with E-state index in [4.69, 9.17) is 5.73 Å². The zero-order valence-electron chi connectivity index (χ0n) is 12.7. The van der Waals surface area contributed by atoms with Crippen LogP contribution in [0.25, 0.3) is 11.0 Å². The van der Waals surface area contributed by atoms with Crippen molar-refractivity contribution in [3.63, 3.8) is 0 Å². The maximum atomic E-state index is 12.4. The van der Waals surface area contributed by atoms with Gasteiger partial charge in [0.1, 0.15) is 0 Å². The first-order valence-electron chi connectivity index (χ1n) is 7.92. The van der Waals surface area contributed by atoms with E-state index in [2.05, 4.69) is 15.3 Å². The van der Waals surface area contributed by atoms with Crippen LogP contribution in [0, 0.1) is 5.41 Å². The van der Waals surface area contributed by atoms with Gasteiger partial charge in [-0.15, -0.1) is 0 Å². The summed E-state index contributed by atoms with van der Waals surface area (Å²) in [5.41, 5.74) is 8.31. The molecule has 5 heteroatoms. The van der Waals surface area contributed by atoms with Crippen LogP contribution in [0.5, 0.6) is 0 Å². The first kappa shape index (κ1) is 14.9. The highest BCUT2D eigenvalue weighted by molar-refractivity contribution is 5.93. The minimum atomic E-state index is -0.0149. The smallest absolute Gasteiger partial charge is 0.224 e. The molecule has 1 aliphatic carbocycles. The fourth-order valence-corrected chi connectivity index (χ4v) is 3.34. The normalized spacial score (nSPS) is 17.3. The number of nitrogens with one attached hydrogen (secondary N) is 1. The highest BCUT2D eigenvalue weighted by atomic mass is 16.1. The molecule has 0 aliphatic heterocycles. The molecule has 1 amide bonds. The van der Waals surface area contributed by atoms with E-state index >= 15 is 0 Å². The van der Waals surface area contributed by atoms with Crippen molar-refractivity contribution in [3.8, 4) is 0 Å². The summed E-state index contributed by atoms with van der Waals surface area (Å²) in [7, 11) is 0. The Balaban J connectivity index is 1.69. The number of amides is 1. The van der Waals surface area contributed by atoms with Crippen LogP contribution >= 0.6 is 0 Å². The molecule has 1 aromatic heterocycles. The SMILES string of the molecule is NCC1(CC(=O)Nc2ccc3nccnc3c2)CCCCC1. The summed E-state index contributed by atoms with van der Waals surface area (Å²) in [6.45, 7) is 0.587. The quantitative estimate of drug-likeness (QED) is 0.909. The van der Waals surface area contributed by atoms with Gasteiger partial charge in [-0.05, 0) is 43.0 Å². The lowest BCUT2D eigenvalue weighted by molar-refractivity contribution is -0.118. The molecule has 116 valence electrons. The molecule has 5 nitrogen and oxygen atoms in total. The number of carbonyl (C=O) groups is 1. The summed E-state index contributed by atoms with van der Waals surface area (Å²) in [5.74, 6) is 0.0376. The molecular weight excluding hydrogens is 276 g/mol. The molecule has 3 rings (SSSR count). The third kappa shape index (κ3) is 3.25. The van der Waals surface area contributed by atoms with Crippen LogP contribution in [0.2, 0.25) is 0 Å². The van der Waals surface area contributed by atoms with Gasteiger partial charge in [0.2, 0.25) is 5.91 Å². The number of nitrogens with zero attached hydrogens (tertiary/aromatic N) is 2. The minimum Gasteiger partial charge on any atom is -0.330 e. The Bertz CT molecular complexity index is 665. The molecule has 2 aromatic rings. The van der Waals surface area contributed by atoms with Crippen LogP contribution in [-0.4, -0.2) is 22.4 Å². The monoisotopic (exact) mass is 298 g/mol. The number of fused-ring (bicyclic) bond motifs is 1. The Labute approximate surface area is 130 Å². The number of hydrogen-bond acceptors (Lipinski definition) is 4. The van der Waals surface area contributed by atoms with E-state index in [-0.39, 0.29) is 11.3 Å². The summed E-state index contributed by atoms with van der Waals surface area (Å²) in [5, 5.41) is 2.98. The van der Waals surface area contributed by atoms with Crippen molar-refractivity contribution in [1.29, 1.82) is 0 Å². The summed E-state index contributed by atoms with van der Waals surface area (Å²) >= 11 is 0. The highest BCUT2D eigenvalue weighted by Gasteiger charge is 2.32. The second-order valence-corrected chi connectivity index (χ2v) is 6.25. The van der Waals surface area contributed by atoms with Crippen molar-refractivity contribution in [2.75, 3.05) is 11.9 Å². The average molecular weight is 298 g/mol. The predicted molar refractivity (Wildman–Crippen MR) is 87.4 cm³/mol. The summed E-state index contributed by atoms with van der Waals surface area (Å²) < 4.78 is 0.